The molecule has 0 spiro atoms. The number of carbonyl (C=O) groups is 1. The van der Waals surface area contributed by atoms with Crippen molar-refractivity contribution in [3.05, 3.63) is 47.5 Å². The number of ketones is 1. The SMILES string of the molecule is CCCOc1cc2c(cc1C(=O)C=Cc1ccc(OC)c(O)c1)OCCS2. The molecule has 2 aromatic carbocycles. The monoisotopic (exact) mass is 386 g/mol. The summed E-state index contributed by atoms with van der Waals surface area (Å²) in [6, 6.07) is 8.60. The second-order valence-electron chi connectivity index (χ2n) is 5.97. The maximum Gasteiger partial charge on any atom is 0.189 e. The smallest absolute Gasteiger partial charge is 0.189 e. The van der Waals surface area contributed by atoms with Crippen LogP contribution in [0.4, 0.5) is 0 Å². The molecule has 0 radical (unpaired) electrons. The minimum atomic E-state index is -0.182. The Morgan fingerprint density at radius 2 is 2.15 bits per heavy atom. The molecule has 0 amide bonds. The van der Waals surface area contributed by atoms with Gasteiger partial charge in [-0.25, -0.2) is 0 Å². The van der Waals surface area contributed by atoms with Gasteiger partial charge in [-0.15, -0.1) is 11.8 Å². The van der Waals surface area contributed by atoms with Crippen LogP contribution in [0.2, 0.25) is 0 Å². The van der Waals surface area contributed by atoms with E-state index in [0.717, 1.165) is 17.1 Å². The van der Waals surface area contributed by atoms with Crippen LogP contribution in [-0.2, 0) is 0 Å². The maximum absolute atomic E-state index is 12.8. The van der Waals surface area contributed by atoms with Crippen LogP contribution in [0.25, 0.3) is 6.08 Å². The Labute approximate surface area is 162 Å². The summed E-state index contributed by atoms with van der Waals surface area (Å²) in [5.74, 6) is 2.40. The molecule has 27 heavy (non-hydrogen) atoms. The van der Waals surface area contributed by atoms with Crippen LogP contribution >= 0.6 is 11.8 Å². The molecule has 0 unspecified atom stereocenters. The van der Waals surface area contributed by atoms with E-state index < -0.39 is 0 Å². The summed E-state index contributed by atoms with van der Waals surface area (Å²) in [5.41, 5.74) is 1.17. The largest absolute Gasteiger partial charge is 0.504 e. The average molecular weight is 386 g/mol. The molecule has 0 bridgehead atoms. The first kappa shape index (κ1) is 19.2. The van der Waals surface area contributed by atoms with Gasteiger partial charge in [0.1, 0.15) is 11.5 Å². The number of allylic oxidation sites excluding steroid dienone is 1. The van der Waals surface area contributed by atoms with Gasteiger partial charge < -0.3 is 19.3 Å². The van der Waals surface area contributed by atoms with E-state index in [2.05, 4.69) is 0 Å². The highest BCUT2D eigenvalue weighted by Crippen LogP contribution is 2.38. The number of aromatic hydroxyl groups is 1. The zero-order valence-electron chi connectivity index (χ0n) is 15.4. The first-order chi connectivity index (χ1) is 13.1. The quantitative estimate of drug-likeness (QED) is 0.555. The van der Waals surface area contributed by atoms with Crippen molar-refractivity contribution in [2.24, 2.45) is 0 Å². The van der Waals surface area contributed by atoms with Crippen molar-refractivity contribution in [1.29, 1.82) is 0 Å². The molecule has 0 fully saturated rings. The molecule has 1 heterocycles. The van der Waals surface area contributed by atoms with E-state index in [9.17, 15) is 9.90 Å². The maximum atomic E-state index is 12.8. The zero-order chi connectivity index (χ0) is 19.2. The van der Waals surface area contributed by atoms with Gasteiger partial charge in [0.05, 0.1) is 30.8 Å². The van der Waals surface area contributed by atoms with Crippen LogP contribution in [0.1, 0.15) is 29.3 Å². The molecule has 0 aromatic heterocycles. The standard InChI is InChI=1S/C21H22O5S/c1-3-8-25-19-13-21-20(26-9-10-27-21)12-15(19)16(22)6-4-14-5-7-18(24-2)17(23)11-14/h4-7,11-13,23H,3,8-10H2,1-2H3. The van der Waals surface area contributed by atoms with Crippen LogP contribution in [0.3, 0.4) is 0 Å². The number of benzene rings is 2. The van der Waals surface area contributed by atoms with Gasteiger partial charge in [-0.1, -0.05) is 19.1 Å². The number of ether oxygens (including phenoxy) is 3. The Morgan fingerprint density at radius 3 is 2.89 bits per heavy atom. The van der Waals surface area contributed by atoms with E-state index in [1.807, 2.05) is 13.0 Å². The normalized spacial score (nSPS) is 13.1. The molecular weight excluding hydrogens is 364 g/mol. The molecule has 142 valence electrons. The second-order valence-corrected chi connectivity index (χ2v) is 7.11. The van der Waals surface area contributed by atoms with Crippen molar-refractivity contribution in [3.63, 3.8) is 0 Å². The Bertz CT molecular complexity index is 860. The van der Waals surface area contributed by atoms with Crippen molar-refractivity contribution in [2.75, 3.05) is 26.1 Å². The number of hydrogen-bond acceptors (Lipinski definition) is 6. The van der Waals surface area contributed by atoms with Crippen molar-refractivity contribution in [3.8, 4) is 23.0 Å². The summed E-state index contributed by atoms with van der Waals surface area (Å²) < 4.78 is 16.5. The van der Waals surface area contributed by atoms with Crippen molar-refractivity contribution >= 4 is 23.6 Å². The lowest BCUT2D eigenvalue weighted by atomic mass is 10.1. The fourth-order valence-electron chi connectivity index (χ4n) is 2.67. The summed E-state index contributed by atoms with van der Waals surface area (Å²) in [7, 11) is 1.49. The number of phenolic OH excluding ortho intramolecular Hbond substituents is 1. The molecule has 0 saturated carbocycles. The number of rotatable bonds is 7. The lowest BCUT2D eigenvalue weighted by Crippen LogP contribution is -2.10. The average Bonchev–Trinajstić information content (AvgIpc) is 2.69. The highest BCUT2D eigenvalue weighted by atomic mass is 32.2. The summed E-state index contributed by atoms with van der Waals surface area (Å²) in [6.45, 7) is 3.19. The molecule has 5 nitrogen and oxygen atoms in total. The molecular formula is C21H22O5S. The molecule has 0 aliphatic carbocycles. The number of phenols is 1. The Kier molecular flexibility index (Phi) is 6.29. The van der Waals surface area contributed by atoms with Crippen LogP contribution in [0.15, 0.2) is 41.3 Å². The third kappa shape index (κ3) is 4.57. The number of hydrogen-bond donors (Lipinski definition) is 1. The molecule has 6 heteroatoms. The van der Waals surface area contributed by atoms with Crippen molar-refractivity contribution in [1.82, 2.24) is 0 Å². The van der Waals surface area contributed by atoms with Gasteiger partial charge in [0, 0.05) is 5.75 Å². The van der Waals surface area contributed by atoms with E-state index in [1.165, 1.54) is 13.2 Å². The first-order valence-corrected chi connectivity index (χ1v) is 9.76. The molecule has 1 aliphatic rings. The third-order valence-electron chi connectivity index (χ3n) is 4.00. The Balaban J connectivity index is 1.87. The van der Waals surface area contributed by atoms with Crippen LogP contribution in [0.5, 0.6) is 23.0 Å². The topological polar surface area (TPSA) is 65.0 Å². The predicted octanol–water partition coefficient (Wildman–Crippen LogP) is 4.57. The van der Waals surface area contributed by atoms with Gasteiger partial charge in [0.2, 0.25) is 0 Å². The minimum absolute atomic E-state index is 0.0262. The lowest BCUT2D eigenvalue weighted by molar-refractivity contribution is 0.104. The molecule has 2 aromatic rings. The highest BCUT2D eigenvalue weighted by Gasteiger charge is 2.19. The lowest BCUT2D eigenvalue weighted by Gasteiger charge is -2.19. The predicted molar refractivity (Wildman–Crippen MR) is 106 cm³/mol. The van der Waals surface area contributed by atoms with Crippen LogP contribution in [0, 0.1) is 0 Å². The van der Waals surface area contributed by atoms with E-state index in [-0.39, 0.29) is 11.5 Å². The fraction of sp³-hybridized carbons (Fsp3) is 0.286. The summed E-state index contributed by atoms with van der Waals surface area (Å²) in [5, 5.41) is 9.86. The van der Waals surface area contributed by atoms with Gasteiger partial charge in [-0.2, -0.15) is 0 Å². The molecule has 1 N–H and O–H groups in total. The number of carbonyl (C=O) groups excluding carboxylic acids is 1. The fourth-order valence-corrected chi connectivity index (χ4v) is 3.50. The van der Waals surface area contributed by atoms with Gasteiger partial charge >= 0.3 is 0 Å². The minimum Gasteiger partial charge on any atom is -0.504 e. The molecule has 0 atom stereocenters. The van der Waals surface area contributed by atoms with Crippen molar-refractivity contribution in [2.45, 2.75) is 18.2 Å². The summed E-state index contributed by atoms with van der Waals surface area (Å²) in [6.07, 6.45) is 3.98. The number of thioether (sulfide) groups is 1. The second kappa shape index (κ2) is 8.86. The van der Waals surface area contributed by atoms with Gasteiger partial charge in [0.25, 0.3) is 0 Å². The van der Waals surface area contributed by atoms with Gasteiger partial charge in [0.15, 0.2) is 17.3 Å². The van der Waals surface area contributed by atoms with Crippen LogP contribution < -0.4 is 14.2 Å². The highest BCUT2D eigenvalue weighted by molar-refractivity contribution is 7.99. The first-order valence-electron chi connectivity index (χ1n) is 8.78. The van der Waals surface area contributed by atoms with Gasteiger partial charge in [-0.05, 0) is 42.3 Å². The Hall–Kier alpha value is -2.60. The van der Waals surface area contributed by atoms with Gasteiger partial charge in [-0.3, -0.25) is 4.79 Å². The molecule has 3 rings (SSSR count). The summed E-state index contributed by atoms with van der Waals surface area (Å²) in [4.78, 5) is 13.8. The number of fused-ring (bicyclic) bond motifs is 1. The van der Waals surface area contributed by atoms with Crippen molar-refractivity contribution < 1.29 is 24.1 Å². The van der Waals surface area contributed by atoms with E-state index >= 15 is 0 Å². The molecule has 0 saturated heterocycles. The molecule has 1 aliphatic heterocycles. The van der Waals surface area contributed by atoms with E-state index in [4.69, 9.17) is 14.2 Å². The van der Waals surface area contributed by atoms with E-state index in [1.54, 1.807) is 42.1 Å². The Morgan fingerprint density at radius 1 is 1.30 bits per heavy atom. The van der Waals surface area contributed by atoms with E-state index in [0.29, 0.717) is 41.6 Å². The van der Waals surface area contributed by atoms with Crippen LogP contribution in [-0.4, -0.2) is 37.0 Å². The zero-order valence-corrected chi connectivity index (χ0v) is 16.2. The number of methoxy groups -OCH3 is 1. The third-order valence-corrected chi connectivity index (χ3v) is 5.00. The summed E-state index contributed by atoms with van der Waals surface area (Å²) >= 11 is 1.70.